The molecule has 1 atom stereocenters. The van der Waals surface area contributed by atoms with E-state index in [-0.39, 0.29) is 12.2 Å². The third kappa shape index (κ3) is 3.65. The fraction of sp³-hybridized carbons (Fsp3) is 0.250. The third-order valence-corrected chi connectivity index (χ3v) is 3.46. The Morgan fingerprint density at radius 1 is 1.29 bits per heavy atom. The van der Waals surface area contributed by atoms with Crippen molar-refractivity contribution in [3.8, 4) is 11.5 Å². The minimum Gasteiger partial charge on any atom is -0.497 e. The van der Waals surface area contributed by atoms with Crippen molar-refractivity contribution in [3.63, 3.8) is 0 Å². The van der Waals surface area contributed by atoms with Gasteiger partial charge in [0.05, 0.1) is 18.2 Å². The predicted octanol–water partition coefficient (Wildman–Crippen LogP) is 4.12. The van der Waals surface area contributed by atoms with Crippen LogP contribution in [-0.2, 0) is 6.61 Å². The van der Waals surface area contributed by atoms with E-state index in [0.29, 0.717) is 22.1 Å². The molecule has 112 valence electrons. The monoisotopic (exact) mass is 310 g/mol. The van der Waals surface area contributed by atoms with Crippen LogP contribution in [0.5, 0.6) is 11.5 Å². The molecule has 0 aliphatic rings. The van der Waals surface area contributed by atoms with E-state index in [9.17, 15) is 9.50 Å². The Balaban J connectivity index is 2.26. The predicted molar refractivity (Wildman–Crippen MR) is 79.4 cm³/mol. The normalized spacial score (nSPS) is 12.0. The first-order valence-electron chi connectivity index (χ1n) is 6.44. The van der Waals surface area contributed by atoms with E-state index < -0.39 is 11.9 Å². The first-order valence-corrected chi connectivity index (χ1v) is 6.82. The SMILES string of the molecule is COc1ccc(C(C)O)c(OCc2c(F)cccc2Cl)c1. The minimum atomic E-state index is -0.706. The van der Waals surface area contributed by atoms with Gasteiger partial charge in [-0.05, 0) is 31.2 Å². The number of ether oxygens (including phenoxy) is 2. The summed E-state index contributed by atoms with van der Waals surface area (Å²) in [5.74, 6) is 0.599. The highest BCUT2D eigenvalue weighted by Gasteiger charge is 2.13. The molecule has 5 heteroatoms. The molecular weight excluding hydrogens is 295 g/mol. The largest absolute Gasteiger partial charge is 0.497 e. The first-order chi connectivity index (χ1) is 10.0. The molecule has 0 aliphatic carbocycles. The van der Waals surface area contributed by atoms with E-state index in [1.54, 1.807) is 31.2 Å². The second kappa shape index (κ2) is 6.78. The smallest absolute Gasteiger partial charge is 0.131 e. The van der Waals surface area contributed by atoms with Crippen molar-refractivity contribution in [2.45, 2.75) is 19.6 Å². The average molecular weight is 311 g/mol. The summed E-state index contributed by atoms with van der Waals surface area (Å²) < 4.78 is 24.5. The summed E-state index contributed by atoms with van der Waals surface area (Å²) in [5.41, 5.74) is 0.877. The van der Waals surface area contributed by atoms with Crippen LogP contribution in [0.4, 0.5) is 4.39 Å². The zero-order valence-electron chi connectivity index (χ0n) is 11.8. The maximum Gasteiger partial charge on any atom is 0.131 e. The van der Waals surface area contributed by atoms with Crippen molar-refractivity contribution >= 4 is 11.6 Å². The second-order valence-electron chi connectivity index (χ2n) is 4.57. The molecule has 0 bridgehead atoms. The van der Waals surface area contributed by atoms with Crippen molar-refractivity contribution in [3.05, 3.63) is 58.4 Å². The maximum atomic E-state index is 13.7. The Bertz CT molecular complexity index is 609. The van der Waals surface area contributed by atoms with Crippen LogP contribution < -0.4 is 9.47 Å². The van der Waals surface area contributed by atoms with Crippen LogP contribution in [0.1, 0.15) is 24.2 Å². The molecule has 0 spiro atoms. The van der Waals surface area contributed by atoms with Gasteiger partial charge in [-0.2, -0.15) is 0 Å². The number of benzene rings is 2. The third-order valence-electron chi connectivity index (χ3n) is 3.10. The molecule has 0 saturated heterocycles. The summed E-state index contributed by atoms with van der Waals surface area (Å²) in [6, 6.07) is 9.55. The summed E-state index contributed by atoms with van der Waals surface area (Å²) in [7, 11) is 1.54. The van der Waals surface area contributed by atoms with Gasteiger partial charge in [0.25, 0.3) is 0 Å². The van der Waals surface area contributed by atoms with E-state index >= 15 is 0 Å². The van der Waals surface area contributed by atoms with Crippen molar-refractivity contribution in [1.29, 1.82) is 0 Å². The van der Waals surface area contributed by atoms with Crippen LogP contribution in [0.2, 0.25) is 5.02 Å². The van der Waals surface area contributed by atoms with E-state index in [2.05, 4.69) is 0 Å². The minimum absolute atomic E-state index is 0.0294. The number of aliphatic hydroxyl groups is 1. The lowest BCUT2D eigenvalue weighted by molar-refractivity contribution is 0.189. The van der Waals surface area contributed by atoms with Gasteiger partial charge in [0.2, 0.25) is 0 Å². The molecule has 0 aliphatic heterocycles. The summed E-state index contributed by atoms with van der Waals surface area (Å²) in [6.45, 7) is 1.60. The Morgan fingerprint density at radius 2 is 2.05 bits per heavy atom. The van der Waals surface area contributed by atoms with Gasteiger partial charge in [0.1, 0.15) is 23.9 Å². The van der Waals surface area contributed by atoms with Gasteiger partial charge >= 0.3 is 0 Å². The highest BCUT2D eigenvalue weighted by atomic mass is 35.5. The molecule has 2 aromatic carbocycles. The van der Waals surface area contributed by atoms with Crippen LogP contribution >= 0.6 is 11.6 Å². The summed E-state index contributed by atoms with van der Waals surface area (Å²) in [4.78, 5) is 0. The highest BCUT2D eigenvalue weighted by molar-refractivity contribution is 6.31. The summed E-state index contributed by atoms with van der Waals surface area (Å²) in [6.07, 6.45) is -0.706. The van der Waals surface area contributed by atoms with Gasteiger partial charge in [-0.15, -0.1) is 0 Å². The topological polar surface area (TPSA) is 38.7 Å². The van der Waals surface area contributed by atoms with E-state index in [1.165, 1.54) is 19.2 Å². The van der Waals surface area contributed by atoms with E-state index in [4.69, 9.17) is 21.1 Å². The lowest BCUT2D eigenvalue weighted by Crippen LogP contribution is -2.03. The van der Waals surface area contributed by atoms with Gasteiger partial charge < -0.3 is 14.6 Å². The molecule has 0 saturated carbocycles. The van der Waals surface area contributed by atoms with Crippen LogP contribution in [-0.4, -0.2) is 12.2 Å². The fourth-order valence-corrected chi connectivity index (χ4v) is 2.15. The van der Waals surface area contributed by atoms with Crippen molar-refractivity contribution in [2.24, 2.45) is 0 Å². The van der Waals surface area contributed by atoms with Crippen molar-refractivity contribution < 1.29 is 19.0 Å². The molecule has 3 nitrogen and oxygen atoms in total. The lowest BCUT2D eigenvalue weighted by Gasteiger charge is -2.15. The van der Waals surface area contributed by atoms with Gasteiger partial charge in [0, 0.05) is 17.2 Å². The number of methoxy groups -OCH3 is 1. The number of rotatable bonds is 5. The van der Waals surface area contributed by atoms with Gasteiger partial charge in [-0.3, -0.25) is 0 Å². The van der Waals surface area contributed by atoms with Gasteiger partial charge in [0.15, 0.2) is 0 Å². The van der Waals surface area contributed by atoms with Crippen LogP contribution in [0, 0.1) is 5.82 Å². The molecule has 0 amide bonds. The molecule has 0 heterocycles. The maximum absolute atomic E-state index is 13.7. The fourth-order valence-electron chi connectivity index (χ4n) is 1.93. The molecule has 2 rings (SSSR count). The average Bonchev–Trinajstić information content (AvgIpc) is 2.46. The molecule has 1 N–H and O–H groups in total. The molecule has 0 radical (unpaired) electrons. The van der Waals surface area contributed by atoms with E-state index in [1.807, 2.05) is 0 Å². The number of hydrogen-bond donors (Lipinski definition) is 1. The zero-order valence-corrected chi connectivity index (χ0v) is 12.5. The van der Waals surface area contributed by atoms with Crippen LogP contribution in [0.3, 0.4) is 0 Å². The molecular formula is C16H16ClFO3. The summed E-state index contributed by atoms with van der Waals surface area (Å²) >= 11 is 5.96. The number of hydrogen-bond acceptors (Lipinski definition) is 3. The highest BCUT2D eigenvalue weighted by Crippen LogP contribution is 2.31. The Labute approximate surface area is 127 Å². The van der Waals surface area contributed by atoms with Gasteiger partial charge in [-0.1, -0.05) is 17.7 Å². The molecule has 0 fully saturated rings. The molecule has 0 aromatic heterocycles. The lowest BCUT2D eigenvalue weighted by atomic mass is 10.1. The van der Waals surface area contributed by atoms with E-state index in [0.717, 1.165) is 0 Å². The van der Waals surface area contributed by atoms with Crippen LogP contribution in [0.15, 0.2) is 36.4 Å². The zero-order chi connectivity index (χ0) is 15.4. The van der Waals surface area contributed by atoms with Crippen molar-refractivity contribution in [2.75, 3.05) is 7.11 Å². The summed E-state index contributed by atoms with van der Waals surface area (Å²) in [5, 5.41) is 10.1. The van der Waals surface area contributed by atoms with Crippen LogP contribution in [0.25, 0.3) is 0 Å². The first kappa shape index (κ1) is 15.6. The molecule has 21 heavy (non-hydrogen) atoms. The Kier molecular flexibility index (Phi) is 5.04. The number of aliphatic hydroxyl groups excluding tert-OH is 1. The Morgan fingerprint density at radius 3 is 2.67 bits per heavy atom. The quantitative estimate of drug-likeness (QED) is 0.903. The standard InChI is InChI=1S/C16H16ClFO3/c1-10(19)12-7-6-11(20-2)8-16(12)21-9-13-14(17)4-3-5-15(13)18/h3-8,10,19H,9H2,1-2H3. The van der Waals surface area contributed by atoms with Crippen molar-refractivity contribution in [1.82, 2.24) is 0 Å². The Hall–Kier alpha value is -1.78. The number of halogens is 2. The molecule has 2 aromatic rings. The second-order valence-corrected chi connectivity index (χ2v) is 4.98. The molecule has 1 unspecified atom stereocenters. The van der Waals surface area contributed by atoms with Gasteiger partial charge in [-0.25, -0.2) is 4.39 Å².